The van der Waals surface area contributed by atoms with Gasteiger partial charge in [0.1, 0.15) is 0 Å². The molecule has 0 saturated heterocycles. The Morgan fingerprint density at radius 1 is 1.48 bits per heavy atom. The molecule has 0 aromatic carbocycles. The number of carbonyl (C=O) groups excluding carboxylic acids is 1. The molecule has 0 radical (unpaired) electrons. The van der Waals surface area contributed by atoms with E-state index in [2.05, 4.69) is 15.7 Å². The molecular formula is C16H23N3O3S. The van der Waals surface area contributed by atoms with E-state index in [0.717, 1.165) is 17.5 Å². The topological polar surface area (TPSA) is 82.5 Å². The van der Waals surface area contributed by atoms with Crippen molar-refractivity contribution in [1.82, 2.24) is 9.88 Å². The lowest BCUT2D eigenvalue weighted by Crippen LogP contribution is -2.36. The summed E-state index contributed by atoms with van der Waals surface area (Å²) in [6.45, 7) is 1.76. The molecule has 1 aromatic heterocycles. The number of carbonyl (C=O) groups is 2. The largest absolute Gasteiger partial charge is 0.481 e. The van der Waals surface area contributed by atoms with Crippen molar-refractivity contribution in [3.8, 4) is 0 Å². The van der Waals surface area contributed by atoms with Crippen LogP contribution in [0.5, 0.6) is 0 Å². The average Bonchev–Trinajstić information content (AvgIpc) is 3.22. The Labute approximate surface area is 139 Å². The van der Waals surface area contributed by atoms with Crippen molar-refractivity contribution in [2.45, 2.75) is 38.5 Å². The van der Waals surface area contributed by atoms with Gasteiger partial charge in [-0.1, -0.05) is 13.3 Å². The van der Waals surface area contributed by atoms with Gasteiger partial charge in [0, 0.05) is 24.9 Å². The Morgan fingerprint density at radius 3 is 2.87 bits per heavy atom. The van der Waals surface area contributed by atoms with E-state index in [4.69, 9.17) is 5.11 Å². The third kappa shape index (κ3) is 3.49. The molecule has 2 amide bonds. The molecule has 2 aliphatic carbocycles. The number of rotatable bonds is 5. The maximum atomic E-state index is 12.1. The molecule has 23 heavy (non-hydrogen) atoms. The zero-order valence-corrected chi connectivity index (χ0v) is 14.3. The molecule has 0 aliphatic heterocycles. The molecule has 6 nitrogen and oxygen atoms in total. The van der Waals surface area contributed by atoms with Gasteiger partial charge in [-0.05, 0) is 31.1 Å². The van der Waals surface area contributed by atoms with Crippen molar-refractivity contribution in [2.75, 3.05) is 18.9 Å². The molecular weight excluding hydrogens is 314 g/mol. The van der Waals surface area contributed by atoms with Gasteiger partial charge in [0.05, 0.1) is 11.6 Å². The second kappa shape index (κ2) is 6.47. The number of hydrogen-bond acceptors (Lipinski definition) is 4. The summed E-state index contributed by atoms with van der Waals surface area (Å²) in [5, 5.41) is 14.3. The number of amides is 2. The number of fused-ring (bicyclic) bond motifs is 2. The lowest BCUT2D eigenvalue weighted by molar-refractivity contribution is -0.141. The number of carboxylic acids is 1. The van der Waals surface area contributed by atoms with Gasteiger partial charge in [-0.3, -0.25) is 10.1 Å². The summed E-state index contributed by atoms with van der Waals surface area (Å²) < 4.78 is 0. The van der Waals surface area contributed by atoms with Gasteiger partial charge in [-0.15, -0.1) is 11.3 Å². The predicted molar refractivity (Wildman–Crippen MR) is 88.8 cm³/mol. The Kier molecular flexibility index (Phi) is 4.57. The number of aromatic nitrogens is 1. The first-order valence-electron chi connectivity index (χ1n) is 8.14. The van der Waals surface area contributed by atoms with E-state index in [9.17, 15) is 9.59 Å². The van der Waals surface area contributed by atoms with Crippen LogP contribution in [0.3, 0.4) is 0 Å². The third-order valence-electron chi connectivity index (χ3n) is 5.17. The zero-order chi connectivity index (χ0) is 16.6. The number of carboxylic acid groups (broad SMARTS) is 1. The first-order valence-corrected chi connectivity index (χ1v) is 9.02. The molecule has 4 atom stereocenters. The van der Waals surface area contributed by atoms with Crippen LogP contribution in [0.1, 0.15) is 44.2 Å². The first kappa shape index (κ1) is 16.2. The summed E-state index contributed by atoms with van der Waals surface area (Å²) in [4.78, 5) is 29.0. The summed E-state index contributed by atoms with van der Waals surface area (Å²) in [6.07, 6.45) is 5.24. The maximum absolute atomic E-state index is 12.1. The second-order valence-corrected chi connectivity index (χ2v) is 7.77. The normalized spacial score (nSPS) is 27.0. The Balaban J connectivity index is 1.56. The molecule has 1 heterocycles. The van der Waals surface area contributed by atoms with Crippen molar-refractivity contribution in [3.05, 3.63) is 11.1 Å². The van der Waals surface area contributed by atoms with E-state index < -0.39 is 11.9 Å². The molecule has 2 bridgehead atoms. The average molecular weight is 337 g/mol. The molecule has 2 N–H and O–H groups in total. The van der Waals surface area contributed by atoms with Gasteiger partial charge in [-0.25, -0.2) is 9.78 Å². The van der Waals surface area contributed by atoms with Crippen molar-refractivity contribution in [1.29, 1.82) is 0 Å². The van der Waals surface area contributed by atoms with Gasteiger partial charge < -0.3 is 10.0 Å². The van der Waals surface area contributed by atoms with Crippen LogP contribution in [0.15, 0.2) is 5.38 Å². The Morgan fingerprint density at radius 2 is 2.26 bits per heavy atom. The monoisotopic (exact) mass is 337 g/mol. The highest BCUT2D eigenvalue weighted by Gasteiger charge is 2.41. The SMILES string of the molecule is CC(CN(C)C(=O)Nc1nc(C2CC3CCC2C3)cs1)C(=O)O. The van der Waals surface area contributed by atoms with Crippen LogP contribution >= 0.6 is 11.3 Å². The van der Waals surface area contributed by atoms with Crippen molar-refractivity contribution >= 4 is 28.5 Å². The van der Waals surface area contributed by atoms with Crippen LogP contribution in [0, 0.1) is 17.8 Å². The predicted octanol–water partition coefficient (Wildman–Crippen LogP) is 3.23. The highest BCUT2D eigenvalue weighted by atomic mass is 32.1. The van der Waals surface area contributed by atoms with Crippen LogP contribution in [0.2, 0.25) is 0 Å². The van der Waals surface area contributed by atoms with E-state index in [1.807, 2.05) is 0 Å². The molecule has 2 fully saturated rings. The summed E-state index contributed by atoms with van der Waals surface area (Å²) in [6, 6.07) is -0.313. The smallest absolute Gasteiger partial charge is 0.323 e. The molecule has 2 aliphatic rings. The molecule has 7 heteroatoms. The minimum atomic E-state index is -0.905. The van der Waals surface area contributed by atoms with Crippen LogP contribution in [0.4, 0.5) is 9.93 Å². The van der Waals surface area contributed by atoms with Crippen molar-refractivity contribution in [2.24, 2.45) is 17.8 Å². The fourth-order valence-electron chi connectivity index (χ4n) is 3.88. The molecule has 1 aromatic rings. The van der Waals surface area contributed by atoms with Gasteiger partial charge in [0.25, 0.3) is 0 Å². The molecule has 0 spiro atoms. The number of urea groups is 1. The summed E-state index contributed by atoms with van der Waals surface area (Å²) in [5.74, 6) is 0.697. The van der Waals surface area contributed by atoms with E-state index in [-0.39, 0.29) is 12.6 Å². The summed E-state index contributed by atoms with van der Waals surface area (Å²) >= 11 is 1.45. The lowest BCUT2D eigenvalue weighted by Gasteiger charge is -2.20. The number of nitrogens with one attached hydrogen (secondary N) is 1. The van der Waals surface area contributed by atoms with Gasteiger partial charge >= 0.3 is 12.0 Å². The first-order chi connectivity index (χ1) is 10.9. The molecule has 2 saturated carbocycles. The van der Waals surface area contributed by atoms with Gasteiger partial charge in [-0.2, -0.15) is 0 Å². The van der Waals surface area contributed by atoms with Gasteiger partial charge in [0.2, 0.25) is 0 Å². The Hall–Kier alpha value is -1.63. The molecule has 126 valence electrons. The van der Waals surface area contributed by atoms with E-state index >= 15 is 0 Å². The molecule has 4 unspecified atom stereocenters. The molecule has 3 rings (SSSR count). The zero-order valence-electron chi connectivity index (χ0n) is 13.5. The standard InChI is InChI=1S/C16H23N3O3S/c1-9(14(20)21)7-19(2)16(22)18-15-17-13(8-23-15)12-6-10-3-4-11(12)5-10/h8-12H,3-7H2,1-2H3,(H,20,21)(H,17,18,22). The van der Waals surface area contributed by atoms with Crippen LogP contribution in [0.25, 0.3) is 0 Å². The second-order valence-electron chi connectivity index (χ2n) is 6.91. The number of nitrogens with zero attached hydrogens (tertiary/aromatic N) is 2. The van der Waals surface area contributed by atoms with E-state index in [1.54, 1.807) is 14.0 Å². The van der Waals surface area contributed by atoms with E-state index in [1.165, 1.54) is 41.9 Å². The fraction of sp³-hybridized carbons (Fsp3) is 0.688. The fourth-order valence-corrected chi connectivity index (χ4v) is 4.64. The highest BCUT2D eigenvalue weighted by molar-refractivity contribution is 7.13. The number of aliphatic carboxylic acids is 1. The maximum Gasteiger partial charge on any atom is 0.323 e. The quantitative estimate of drug-likeness (QED) is 0.864. The Bertz CT molecular complexity index is 603. The van der Waals surface area contributed by atoms with Crippen molar-refractivity contribution in [3.63, 3.8) is 0 Å². The van der Waals surface area contributed by atoms with Crippen molar-refractivity contribution < 1.29 is 14.7 Å². The number of hydrogen-bond donors (Lipinski definition) is 2. The van der Waals surface area contributed by atoms with Gasteiger partial charge in [0.15, 0.2) is 5.13 Å². The lowest BCUT2D eigenvalue weighted by atomic mass is 9.87. The minimum absolute atomic E-state index is 0.172. The summed E-state index contributed by atoms with van der Waals surface area (Å²) in [7, 11) is 1.60. The van der Waals surface area contributed by atoms with E-state index in [0.29, 0.717) is 11.0 Å². The van der Waals surface area contributed by atoms with Crippen LogP contribution < -0.4 is 5.32 Å². The van der Waals surface area contributed by atoms with Crippen LogP contribution in [-0.4, -0.2) is 40.6 Å². The third-order valence-corrected chi connectivity index (χ3v) is 5.95. The van der Waals surface area contributed by atoms with Crippen LogP contribution in [-0.2, 0) is 4.79 Å². The minimum Gasteiger partial charge on any atom is -0.481 e. The number of thiazole rings is 1. The number of anilines is 1. The summed E-state index contributed by atoms with van der Waals surface area (Å²) in [5.41, 5.74) is 1.11. The highest BCUT2D eigenvalue weighted by Crippen LogP contribution is 2.52.